The number of carbonyl (C=O) groups is 1. The molecule has 0 spiro atoms. The maximum atomic E-state index is 12.5. The third-order valence-electron chi connectivity index (χ3n) is 3.96. The number of rotatable bonds is 6. The molecule has 0 radical (unpaired) electrons. The lowest BCUT2D eigenvalue weighted by atomic mass is 10.1. The van der Waals surface area contributed by atoms with Crippen molar-refractivity contribution in [1.82, 2.24) is 4.98 Å². The summed E-state index contributed by atoms with van der Waals surface area (Å²) in [5, 5.41) is 0.923. The lowest BCUT2D eigenvalue weighted by Crippen LogP contribution is -2.08. The Morgan fingerprint density at radius 1 is 1.07 bits per heavy atom. The van der Waals surface area contributed by atoms with Gasteiger partial charge in [0.1, 0.15) is 6.61 Å². The number of aromatic nitrogens is 1. The van der Waals surface area contributed by atoms with Crippen molar-refractivity contribution < 1.29 is 17.9 Å². The molecule has 7 heteroatoms. The second-order valence-electron chi connectivity index (χ2n) is 6.09. The minimum absolute atomic E-state index is 0.155. The maximum absolute atomic E-state index is 12.5. The smallest absolute Gasteiger partial charge is 0.338 e. The van der Waals surface area contributed by atoms with Crippen LogP contribution in [0.4, 0.5) is 0 Å². The molecule has 0 saturated heterocycles. The second-order valence-corrected chi connectivity index (χ2v) is 9.37. The fraction of sp³-hybridized carbons (Fsp3) is 0.200. The van der Waals surface area contributed by atoms with E-state index in [1.165, 1.54) is 11.3 Å². The van der Waals surface area contributed by atoms with Crippen LogP contribution in [0.3, 0.4) is 0 Å². The number of carbonyl (C=O) groups excluding carboxylic acids is 1. The molecule has 0 N–H and O–H groups in total. The van der Waals surface area contributed by atoms with Crippen LogP contribution in [-0.2, 0) is 26.9 Å². The van der Waals surface area contributed by atoms with Gasteiger partial charge in [0.2, 0.25) is 0 Å². The first-order valence-electron chi connectivity index (χ1n) is 8.32. The molecular weight excluding hydrogens is 382 g/mol. The number of hydrogen-bond donors (Lipinski definition) is 0. The first kappa shape index (κ1) is 19.3. The van der Waals surface area contributed by atoms with Crippen LogP contribution in [0.2, 0.25) is 0 Å². The fourth-order valence-electron chi connectivity index (χ4n) is 2.64. The van der Waals surface area contributed by atoms with Crippen LogP contribution in [0.25, 0.3) is 0 Å². The highest BCUT2D eigenvalue weighted by Gasteiger charge is 2.17. The van der Waals surface area contributed by atoms with Crippen LogP contribution < -0.4 is 0 Å². The Morgan fingerprint density at radius 2 is 1.81 bits per heavy atom. The number of esters is 1. The van der Waals surface area contributed by atoms with Crippen molar-refractivity contribution in [3.05, 3.63) is 81.3 Å². The van der Waals surface area contributed by atoms with E-state index in [9.17, 15) is 13.2 Å². The number of sulfone groups is 1. The van der Waals surface area contributed by atoms with Gasteiger partial charge in [0.25, 0.3) is 0 Å². The molecule has 1 heterocycles. The molecule has 140 valence electrons. The summed E-state index contributed by atoms with van der Waals surface area (Å²) in [7, 11) is -3.47. The van der Waals surface area contributed by atoms with Gasteiger partial charge in [0, 0.05) is 0 Å². The van der Waals surface area contributed by atoms with Crippen molar-refractivity contribution in [2.24, 2.45) is 0 Å². The molecular formula is C20H19NO4S2. The van der Waals surface area contributed by atoms with Crippen LogP contribution in [0.1, 0.15) is 31.5 Å². The molecule has 0 unspecified atom stereocenters. The molecule has 0 aliphatic carbocycles. The maximum Gasteiger partial charge on any atom is 0.338 e. The Bertz CT molecular complexity index is 1060. The molecule has 0 bridgehead atoms. The minimum Gasteiger partial charge on any atom is -0.456 e. The SMILES string of the molecule is Cc1nc(C)c(COC(=O)c2cccc(CS(=O)(=O)c3ccccc3)c2)s1. The van der Waals surface area contributed by atoms with Crippen LogP contribution >= 0.6 is 11.3 Å². The quantitative estimate of drug-likeness (QED) is 0.582. The third-order valence-corrected chi connectivity index (χ3v) is 6.71. The fourth-order valence-corrected chi connectivity index (χ4v) is 4.85. The first-order valence-corrected chi connectivity index (χ1v) is 10.8. The number of nitrogens with zero attached hydrogens (tertiary/aromatic N) is 1. The Balaban J connectivity index is 1.71. The number of ether oxygens (including phenoxy) is 1. The molecule has 0 aliphatic heterocycles. The average Bonchev–Trinajstić information content (AvgIpc) is 2.97. The van der Waals surface area contributed by atoms with Gasteiger partial charge in [-0.2, -0.15) is 0 Å². The Labute approximate surface area is 162 Å². The van der Waals surface area contributed by atoms with Gasteiger partial charge >= 0.3 is 5.97 Å². The van der Waals surface area contributed by atoms with Crippen molar-refractivity contribution in [3.63, 3.8) is 0 Å². The van der Waals surface area contributed by atoms with E-state index in [1.54, 1.807) is 54.6 Å². The van der Waals surface area contributed by atoms with E-state index >= 15 is 0 Å². The first-order chi connectivity index (χ1) is 12.8. The van der Waals surface area contributed by atoms with Crippen LogP contribution in [0.5, 0.6) is 0 Å². The van der Waals surface area contributed by atoms with Gasteiger partial charge in [-0.1, -0.05) is 30.3 Å². The molecule has 0 atom stereocenters. The van der Waals surface area contributed by atoms with E-state index in [0.717, 1.165) is 15.6 Å². The van der Waals surface area contributed by atoms with Gasteiger partial charge in [0.05, 0.1) is 31.8 Å². The summed E-state index contributed by atoms with van der Waals surface area (Å²) >= 11 is 1.49. The van der Waals surface area contributed by atoms with Gasteiger partial charge in [-0.05, 0) is 43.7 Å². The molecule has 0 saturated carbocycles. The Hall–Kier alpha value is -2.51. The average molecular weight is 402 g/mol. The normalized spacial score (nSPS) is 11.3. The summed E-state index contributed by atoms with van der Waals surface area (Å²) in [5.74, 6) is -0.662. The predicted octanol–water partition coefficient (Wildman–Crippen LogP) is 4.09. The molecule has 0 amide bonds. The molecule has 27 heavy (non-hydrogen) atoms. The highest BCUT2D eigenvalue weighted by Crippen LogP contribution is 2.20. The molecule has 0 aliphatic rings. The topological polar surface area (TPSA) is 73.3 Å². The van der Waals surface area contributed by atoms with E-state index in [0.29, 0.717) is 11.1 Å². The third kappa shape index (κ3) is 4.81. The molecule has 3 rings (SSSR count). The Morgan fingerprint density at radius 3 is 2.48 bits per heavy atom. The van der Waals surface area contributed by atoms with Crippen LogP contribution in [0, 0.1) is 13.8 Å². The van der Waals surface area contributed by atoms with E-state index in [4.69, 9.17) is 4.74 Å². The van der Waals surface area contributed by atoms with Gasteiger partial charge in [0.15, 0.2) is 9.84 Å². The molecule has 3 aromatic rings. The van der Waals surface area contributed by atoms with Gasteiger partial charge in [-0.25, -0.2) is 18.2 Å². The zero-order chi connectivity index (χ0) is 19.4. The van der Waals surface area contributed by atoms with Crippen molar-refractivity contribution >= 4 is 27.1 Å². The lowest BCUT2D eigenvalue weighted by molar-refractivity contribution is 0.0476. The van der Waals surface area contributed by atoms with Crippen molar-refractivity contribution in [1.29, 1.82) is 0 Å². The standard InChI is InChI=1S/C20H19NO4S2/c1-14-19(26-15(2)21-14)12-25-20(22)17-8-6-7-16(11-17)13-27(23,24)18-9-4-3-5-10-18/h3-11H,12-13H2,1-2H3. The number of hydrogen-bond acceptors (Lipinski definition) is 6. The zero-order valence-corrected chi connectivity index (χ0v) is 16.6. The molecule has 2 aromatic carbocycles. The minimum atomic E-state index is -3.47. The lowest BCUT2D eigenvalue weighted by Gasteiger charge is -2.07. The van der Waals surface area contributed by atoms with Crippen molar-refractivity contribution in [3.8, 4) is 0 Å². The van der Waals surface area contributed by atoms with Crippen LogP contribution in [0.15, 0.2) is 59.5 Å². The summed E-state index contributed by atoms with van der Waals surface area (Å²) in [6.07, 6.45) is 0. The predicted molar refractivity (Wildman–Crippen MR) is 104 cm³/mol. The van der Waals surface area contributed by atoms with Gasteiger partial charge < -0.3 is 4.74 Å². The molecule has 5 nitrogen and oxygen atoms in total. The van der Waals surface area contributed by atoms with Crippen molar-refractivity contribution in [2.75, 3.05) is 0 Å². The van der Waals surface area contributed by atoms with E-state index in [2.05, 4.69) is 4.98 Å². The molecule has 1 aromatic heterocycles. The summed E-state index contributed by atoms with van der Waals surface area (Å²) in [6, 6.07) is 14.8. The van der Waals surface area contributed by atoms with E-state index < -0.39 is 15.8 Å². The summed E-state index contributed by atoms with van der Waals surface area (Å²) in [4.78, 5) is 17.8. The highest BCUT2D eigenvalue weighted by molar-refractivity contribution is 7.90. The summed E-state index contributed by atoms with van der Waals surface area (Å²) in [6.45, 7) is 3.93. The van der Waals surface area contributed by atoms with Crippen LogP contribution in [-0.4, -0.2) is 19.4 Å². The monoisotopic (exact) mass is 401 g/mol. The number of benzene rings is 2. The number of aryl methyl sites for hydroxylation is 2. The Kier molecular flexibility index (Phi) is 5.72. The highest BCUT2D eigenvalue weighted by atomic mass is 32.2. The van der Waals surface area contributed by atoms with E-state index in [-0.39, 0.29) is 17.3 Å². The second kappa shape index (κ2) is 8.02. The molecule has 0 fully saturated rings. The summed E-state index contributed by atoms with van der Waals surface area (Å²) < 4.78 is 30.4. The largest absolute Gasteiger partial charge is 0.456 e. The zero-order valence-electron chi connectivity index (χ0n) is 15.0. The van der Waals surface area contributed by atoms with Gasteiger partial charge in [-0.3, -0.25) is 0 Å². The van der Waals surface area contributed by atoms with Crippen molar-refractivity contribution in [2.45, 2.75) is 31.1 Å². The van der Waals surface area contributed by atoms with E-state index in [1.807, 2.05) is 13.8 Å². The number of thiazole rings is 1. The summed E-state index contributed by atoms with van der Waals surface area (Å²) in [5.41, 5.74) is 1.72. The van der Waals surface area contributed by atoms with Gasteiger partial charge in [-0.15, -0.1) is 11.3 Å².